The highest BCUT2D eigenvalue weighted by atomic mass is 35.5. The monoisotopic (exact) mass is 328 g/mol. The molecule has 0 fully saturated rings. The molecule has 0 saturated heterocycles. The normalized spacial score (nSPS) is 11.0. The lowest BCUT2D eigenvalue weighted by Gasteiger charge is -2.13. The summed E-state index contributed by atoms with van der Waals surface area (Å²) < 4.78 is 39.9. The molecule has 0 heterocycles. The lowest BCUT2D eigenvalue weighted by molar-refractivity contribution is 0.388. The first-order valence-corrected chi connectivity index (χ1v) is 7.67. The summed E-state index contributed by atoms with van der Waals surface area (Å²) in [7, 11) is -1.33. The van der Waals surface area contributed by atoms with Gasteiger partial charge in [0.25, 0.3) is 0 Å². The van der Waals surface area contributed by atoms with Crippen LogP contribution in [0.25, 0.3) is 0 Å². The molecule has 0 aliphatic rings. The molecule has 0 spiro atoms. The molecule has 0 aliphatic heterocycles. The van der Waals surface area contributed by atoms with Crippen molar-refractivity contribution in [1.29, 1.82) is 0 Å². The number of hydrogen-bond donors (Lipinski definition) is 0. The van der Waals surface area contributed by atoms with E-state index in [0.717, 1.165) is 0 Å². The summed E-state index contributed by atoms with van der Waals surface area (Å²) in [6.45, 7) is 0. The van der Waals surface area contributed by atoms with Gasteiger partial charge in [-0.25, -0.2) is 0 Å². The number of halogens is 1. The lowest BCUT2D eigenvalue weighted by Crippen LogP contribution is -2.11. The molecule has 21 heavy (non-hydrogen) atoms. The summed E-state index contributed by atoms with van der Waals surface area (Å²) >= 11 is 5.95. The van der Waals surface area contributed by atoms with E-state index < -0.39 is 10.1 Å². The summed E-state index contributed by atoms with van der Waals surface area (Å²) in [5.74, 6) is 0.498. The maximum absolute atomic E-state index is 12.4. The van der Waals surface area contributed by atoms with Crippen LogP contribution in [-0.2, 0) is 10.1 Å². The Morgan fingerprint density at radius 1 is 0.952 bits per heavy atom. The summed E-state index contributed by atoms with van der Waals surface area (Å²) in [6, 6.07) is 10.8. The Balaban J connectivity index is 2.48. The van der Waals surface area contributed by atoms with Gasteiger partial charge >= 0.3 is 10.1 Å². The zero-order valence-electron chi connectivity index (χ0n) is 11.4. The fourth-order valence-electron chi connectivity index (χ4n) is 1.68. The minimum absolute atomic E-state index is 0.0803. The number of para-hydroxylation sites is 1. The number of hydrogen-bond acceptors (Lipinski definition) is 5. The molecule has 0 amide bonds. The average Bonchev–Trinajstić information content (AvgIpc) is 2.47. The fourth-order valence-corrected chi connectivity index (χ4v) is 3.00. The predicted octanol–water partition coefficient (Wildman–Crippen LogP) is 3.12. The van der Waals surface area contributed by atoms with Crippen LogP contribution in [0.3, 0.4) is 0 Å². The van der Waals surface area contributed by atoms with Crippen molar-refractivity contribution in [2.45, 2.75) is 4.90 Å². The summed E-state index contributed by atoms with van der Waals surface area (Å²) in [5, 5.41) is 0.244. The minimum Gasteiger partial charge on any atom is -0.495 e. The van der Waals surface area contributed by atoms with Gasteiger partial charge in [-0.2, -0.15) is 8.42 Å². The zero-order chi connectivity index (χ0) is 15.5. The molecule has 2 aromatic rings. The maximum atomic E-state index is 12.4. The Morgan fingerprint density at radius 2 is 1.57 bits per heavy atom. The number of benzene rings is 2. The van der Waals surface area contributed by atoms with Crippen LogP contribution in [0.1, 0.15) is 0 Å². The summed E-state index contributed by atoms with van der Waals surface area (Å²) in [6.07, 6.45) is 0. The molecular weight excluding hydrogens is 316 g/mol. The van der Waals surface area contributed by atoms with Crippen molar-refractivity contribution in [3.63, 3.8) is 0 Å². The van der Waals surface area contributed by atoms with Crippen molar-refractivity contribution in [2.24, 2.45) is 0 Å². The quantitative estimate of drug-likeness (QED) is 0.789. The van der Waals surface area contributed by atoms with Gasteiger partial charge in [0, 0.05) is 12.1 Å². The van der Waals surface area contributed by atoms with Crippen molar-refractivity contribution in [2.75, 3.05) is 14.2 Å². The van der Waals surface area contributed by atoms with Crippen LogP contribution in [0.2, 0.25) is 5.02 Å². The second-order valence-electron chi connectivity index (χ2n) is 3.99. The van der Waals surface area contributed by atoms with E-state index in [1.807, 2.05) is 0 Å². The highest BCUT2D eigenvalue weighted by Crippen LogP contribution is 2.36. The van der Waals surface area contributed by atoms with E-state index in [0.29, 0.717) is 0 Å². The molecule has 0 N–H and O–H groups in total. The second-order valence-corrected chi connectivity index (χ2v) is 5.91. The minimum atomic E-state index is -4.07. The first-order chi connectivity index (χ1) is 9.97. The van der Waals surface area contributed by atoms with E-state index in [9.17, 15) is 8.42 Å². The predicted molar refractivity (Wildman–Crippen MR) is 78.8 cm³/mol. The van der Waals surface area contributed by atoms with Crippen LogP contribution >= 0.6 is 11.6 Å². The first kappa shape index (κ1) is 15.5. The second kappa shape index (κ2) is 6.24. The smallest absolute Gasteiger partial charge is 0.343 e. The van der Waals surface area contributed by atoms with Crippen LogP contribution in [0.15, 0.2) is 47.4 Å². The van der Waals surface area contributed by atoms with Gasteiger partial charge in [0.15, 0.2) is 4.90 Å². The molecule has 2 aromatic carbocycles. The van der Waals surface area contributed by atoms with Crippen molar-refractivity contribution >= 4 is 21.7 Å². The third-order valence-electron chi connectivity index (χ3n) is 2.66. The first-order valence-electron chi connectivity index (χ1n) is 5.89. The van der Waals surface area contributed by atoms with Crippen LogP contribution < -0.4 is 13.7 Å². The molecule has 0 saturated carbocycles. The summed E-state index contributed by atoms with van der Waals surface area (Å²) in [5.41, 5.74) is 0. The molecule has 0 aliphatic carbocycles. The lowest BCUT2D eigenvalue weighted by atomic mass is 10.3. The van der Waals surface area contributed by atoms with Crippen LogP contribution in [-0.4, -0.2) is 22.6 Å². The van der Waals surface area contributed by atoms with E-state index in [1.54, 1.807) is 18.2 Å². The molecule has 0 bridgehead atoms. The third kappa shape index (κ3) is 3.40. The molecule has 112 valence electrons. The van der Waals surface area contributed by atoms with E-state index >= 15 is 0 Å². The van der Waals surface area contributed by atoms with Gasteiger partial charge in [-0.15, -0.1) is 0 Å². The van der Waals surface area contributed by atoms with Gasteiger partial charge in [0.05, 0.1) is 19.2 Å². The molecule has 7 heteroatoms. The largest absolute Gasteiger partial charge is 0.495 e. The highest BCUT2D eigenvalue weighted by molar-refractivity contribution is 7.87. The van der Waals surface area contributed by atoms with Crippen LogP contribution in [0.4, 0.5) is 0 Å². The highest BCUT2D eigenvalue weighted by Gasteiger charge is 2.24. The van der Waals surface area contributed by atoms with E-state index in [-0.39, 0.29) is 27.2 Å². The Labute approximate surface area is 128 Å². The van der Waals surface area contributed by atoms with Crippen LogP contribution in [0.5, 0.6) is 17.2 Å². The van der Waals surface area contributed by atoms with E-state index in [2.05, 4.69) is 0 Å². The van der Waals surface area contributed by atoms with E-state index in [4.69, 9.17) is 25.3 Å². The Kier molecular flexibility index (Phi) is 4.59. The average molecular weight is 329 g/mol. The van der Waals surface area contributed by atoms with Crippen molar-refractivity contribution in [1.82, 2.24) is 0 Å². The Hall–Kier alpha value is -1.92. The molecule has 0 atom stereocenters. The Bertz CT molecular complexity index is 729. The molecule has 5 nitrogen and oxygen atoms in total. The van der Waals surface area contributed by atoms with Gasteiger partial charge in [0.1, 0.15) is 17.2 Å². The molecule has 0 unspecified atom stereocenters. The van der Waals surface area contributed by atoms with Crippen molar-refractivity contribution < 1.29 is 22.1 Å². The third-order valence-corrected chi connectivity index (χ3v) is 4.22. The maximum Gasteiger partial charge on any atom is 0.343 e. The topological polar surface area (TPSA) is 61.8 Å². The number of rotatable bonds is 5. The number of ether oxygens (including phenoxy) is 2. The van der Waals surface area contributed by atoms with Crippen molar-refractivity contribution in [3.8, 4) is 17.2 Å². The molecule has 2 rings (SSSR count). The van der Waals surface area contributed by atoms with Gasteiger partial charge in [0.2, 0.25) is 0 Å². The van der Waals surface area contributed by atoms with Gasteiger partial charge in [-0.1, -0.05) is 29.8 Å². The molecular formula is C14H13ClO5S. The van der Waals surface area contributed by atoms with Crippen LogP contribution in [0, 0.1) is 0 Å². The standard InChI is InChI=1S/C14H13ClO5S/c1-18-12-9-14(13(19-2)8-11(12)15)21(16,17)20-10-6-4-3-5-7-10/h3-9H,1-2H3. The Morgan fingerprint density at radius 3 is 2.14 bits per heavy atom. The van der Waals surface area contributed by atoms with Gasteiger partial charge in [-0.3, -0.25) is 0 Å². The van der Waals surface area contributed by atoms with Gasteiger partial charge < -0.3 is 13.7 Å². The zero-order valence-corrected chi connectivity index (χ0v) is 12.9. The molecule has 0 aromatic heterocycles. The van der Waals surface area contributed by atoms with Crippen molar-refractivity contribution in [3.05, 3.63) is 47.5 Å². The number of methoxy groups -OCH3 is 2. The molecule has 0 radical (unpaired) electrons. The fraction of sp³-hybridized carbons (Fsp3) is 0.143. The SMILES string of the molecule is COc1cc(S(=O)(=O)Oc2ccccc2)c(OC)cc1Cl. The van der Waals surface area contributed by atoms with E-state index in [1.165, 1.54) is 38.5 Å². The summed E-state index contributed by atoms with van der Waals surface area (Å²) in [4.78, 5) is -0.157. The van der Waals surface area contributed by atoms with Gasteiger partial charge in [-0.05, 0) is 12.1 Å².